The van der Waals surface area contributed by atoms with Crippen LogP contribution in [0.15, 0.2) is 0 Å². The summed E-state index contributed by atoms with van der Waals surface area (Å²) in [6.07, 6.45) is 0.561. The molecule has 0 fully saturated rings. The minimum atomic E-state index is -3.96. The van der Waals surface area contributed by atoms with Crippen molar-refractivity contribution in [2.75, 3.05) is 38.7 Å². The summed E-state index contributed by atoms with van der Waals surface area (Å²) in [5.74, 6) is 0.272. The number of β-amino-alcohol motifs (C(OH)–C–C–N with tert-alkyl or cyclic N) is 1. The molecule has 0 spiro atoms. The first-order valence-electron chi connectivity index (χ1n) is 11.2. The van der Waals surface area contributed by atoms with Gasteiger partial charge in [0.1, 0.15) is 0 Å². The van der Waals surface area contributed by atoms with E-state index in [0.29, 0.717) is 19.1 Å². The number of rotatable bonds is 17. The number of hydrogen-bond acceptors (Lipinski definition) is 7. The molecule has 8 nitrogen and oxygen atoms in total. The highest BCUT2D eigenvalue weighted by Gasteiger charge is 2.27. The van der Waals surface area contributed by atoms with Crippen LogP contribution in [0.5, 0.6) is 0 Å². The molecule has 0 saturated heterocycles. The number of aliphatic hydroxyl groups excluding tert-OH is 1. The van der Waals surface area contributed by atoms with E-state index in [1.807, 2.05) is 0 Å². The van der Waals surface area contributed by atoms with Crippen LogP contribution < -0.4 is 5.32 Å². The molecule has 0 aromatic carbocycles. The molecule has 0 aromatic heterocycles. The Hall–Kier alpha value is -0.290. The van der Waals surface area contributed by atoms with E-state index in [1.165, 1.54) is 0 Å². The van der Waals surface area contributed by atoms with Gasteiger partial charge in [0.15, 0.2) is 0 Å². The van der Waals surface area contributed by atoms with E-state index in [2.05, 4.69) is 60.7 Å². The lowest BCUT2D eigenvalue weighted by molar-refractivity contribution is -0.0363. The topological polar surface area (TPSA) is 114 Å². The van der Waals surface area contributed by atoms with E-state index in [9.17, 15) is 13.5 Å². The highest BCUT2D eigenvalue weighted by Crippen LogP contribution is 2.20. The normalized spacial score (nSPS) is 17.4. The number of aliphatic hydroxyl groups is 1. The number of hydrogen-bond donors (Lipinski definition) is 3. The first kappa shape index (κ1) is 30.7. The summed E-state index contributed by atoms with van der Waals surface area (Å²) in [7, 11) is -3.96. The summed E-state index contributed by atoms with van der Waals surface area (Å²) < 4.78 is 47.1. The Morgan fingerprint density at radius 3 is 2.16 bits per heavy atom. The van der Waals surface area contributed by atoms with E-state index < -0.39 is 16.2 Å². The first-order valence-corrected chi connectivity index (χ1v) is 12.9. The van der Waals surface area contributed by atoms with Crippen LogP contribution in [0.3, 0.4) is 0 Å². The molecule has 0 bridgehead atoms. The van der Waals surface area contributed by atoms with E-state index in [4.69, 9.17) is 18.8 Å². The molecule has 0 aliphatic carbocycles. The molecular weight excluding hydrogens is 422 g/mol. The summed E-state index contributed by atoms with van der Waals surface area (Å²) >= 11 is 0. The Labute approximate surface area is 190 Å². The molecule has 9 heteroatoms. The van der Waals surface area contributed by atoms with Crippen LogP contribution in [0.1, 0.15) is 68.2 Å². The molecule has 31 heavy (non-hydrogen) atoms. The Kier molecular flexibility index (Phi) is 13.9. The smallest absolute Gasteiger partial charge is 0.264 e. The average Bonchev–Trinajstić information content (AvgIpc) is 2.61. The lowest BCUT2D eigenvalue weighted by Crippen LogP contribution is -2.50. The minimum Gasteiger partial charge on any atom is -0.389 e. The van der Waals surface area contributed by atoms with Gasteiger partial charge in [0.2, 0.25) is 0 Å². The maximum Gasteiger partial charge on any atom is 0.264 e. The molecule has 4 unspecified atom stereocenters. The Balaban J connectivity index is 4.14. The molecule has 0 aromatic rings. The van der Waals surface area contributed by atoms with Gasteiger partial charge in [-0.15, -0.1) is 0 Å². The third kappa shape index (κ3) is 16.9. The van der Waals surface area contributed by atoms with Crippen LogP contribution in [0.25, 0.3) is 0 Å². The van der Waals surface area contributed by atoms with Crippen molar-refractivity contribution < 1.29 is 32.3 Å². The molecule has 0 rings (SSSR count). The highest BCUT2D eigenvalue weighted by molar-refractivity contribution is 7.85. The lowest BCUT2D eigenvalue weighted by Gasteiger charge is -2.35. The third-order valence-corrected chi connectivity index (χ3v) is 6.35. The fourth-order valence-corrected chi connectivity index (χ4v) is 3.11. The van der Waals surface area contributed by atoms with Gasteiger partial charge in [-0.3, -0.25) is 4.55 Å². The first-order chi connectivity index (χ1) is 14.0. The summed E-state index contributed by atoms with van der Waals surface area (Å²) in [5, 5.41) is 13.4. The van der Waals surface area contributed by atoms with Gasteiger partial charge in [-0.2, -0.15) is 8.42 Å². The molecule has 0 amide bonds. The van der Waals surface area contributed by atoms with Gasteiger partial charge in [0.05, 0.1) is 36.8 Å². The van der Waals surface area contributed by atoms with Crippen LogP contribution in [-0.4, -0.2) is 80.2 Å². The van der Waals surface area contributed by atoms with Gasteiger partial charge in [-0.25, -0.2) is 0 Å². The molecule has 3 N–H and O–H groups in total. The van der Waals surface area contributed by atoms with E-state index in [1.54, 1.807) is 0 Å². The van der Waals surface area contributed by atoms with Crippen molar-refractivity contribution in [3.63, 3.8) is 0 Å². The SMILES string of the molecule is CC(CCOC(C)(C)C)C(C)OCC(C)C(C)(C)NCC(O)COCCCS(=O)(=O)O. The summed E-state index contributed by atoms with van der Waals surface area (Å²) in [5.41, 5.74) is -0.367. The van der Waals surface area contributed by atoms with Gasteiger partial charge < -0.3 is 24.6 Å². The van der Waals surface area contributed by atoms with Crippen molar-refractivity contribution in [3.8, 4) is 0 Å². The van der Waals surface area contributed by atoms with E-state index in [0.717, 1.165) is 13.0 Å². The van der Waals surface area contributed by atoms with Crippen LogP contribution >= 0.6 is 0 Å². The van der Waals surface area contributed by atoms with Crippen LogP contribution in [0.2, 0.25) is 0 Å². The largest absolute Gasteiger partial charge is 0.389 e. The Morgan fingerprint density at radius 2 is 1.61 bits per heavy atom. The van der Waals surface area contributed by atoms with Crippen LogP contribution in [0.4, 0.5) is 0 Å². The maximum absolute atomic E-state index is 10.6. The Morgan fingerprint density at radius 1 is 1.00 bits per heavy atom. The Bertz CT molecular complexity index is 575. The lowest BCUT2D eigenvalue weighted by atomic mass is 9.89. The molecular formula is C22H47NO7S. The zero-order valence-electron chi connectivity index (χ0n) is 20.8. The van der Waals surface area contributed by atoms with Gasteiger partial charge >= 0.3 is 0 Å². The summed E-state index contributed by atoms with van der Waals surface area (Å²) in [4.78, 5) is 0. The van der Waals surface area contributed by atoms with Crippen LogP contribution in [0, 0.1) is 11.8 Å². The zero-order valence-corrected chi connectivity index (χ0v) is 21.6. The molecule has 0 radical (unpaired) electrons. The molecule has 0 saturated carbocycles. The van der Waals surface area contributed by atoms with Crippen molar-refractivity contribution in [2.24, 2.45) is 11.8 Å². The second kappa shape index (κ2) is 14.1. The summed E-state index contributed by atoms with van der Waals surface area (Å²) in [6.45, 7) is 18.7. The minimum absolute atomic E-state index is 0.102. The summed E-state index contributed by atoms with van der Waals surface area (Å²) in [6, 6.07) is 0. The molecule has 0 heterocycles. The van der Waals surface area contributed by atoms with Gasteiger partial charge in [-0.05, 0) is 66.2 Å². The van der Waals surface area contributed by atoms with Crippen LogP contribution in [-0.2, 0) is 24.3 Å². The predicted octanol–water partition coefficient (Wildman–Crippen LogP) is 2.89. The van der Waals surface area contributed by atoms with Crippen molar-refractivity contribution in [2.45, 2.75) is 91.6 Å². The van der Waals surface area contributed by atoms with Crippen molar-refractivity contribution in [3.05, 3.63) is 0 Å². The molecule has 0 aliphatic rings. The van der Waals surface area contributed by atoms with Crippen molar-refractivity contribution in [1.29, 1.82) is 0 Å². The quantitative estimate of drug-likeness (QED) is 0.220. The standard InChI is InChI=1S/C22H47NO7S/c1-17(10-12-30-21(4,5)6)19(3)29-15-18(2)22(7,8)23-14-20(24)16-28-11-9-13-31(25,26)27/h17-20,23-24H,9-16H2,1-8H3,(H,25,26,27). The van der Waals surface area contributed by atoms with Crippen molar-refractivity contribution >= 4 is 10.1 Å². The third-order valence-electron chi connectivity index (χ3n) is 5.55. The zero-order chi connectivity index (χ0) is 24.3. The predicted molar refractivity (Wildman–Crippen MR) is 124 cm³/mol. The molecule has 0 aliphatic heterocycles. The average molecular weight is 470 g/mol. The van der Waals surface area contributed by atoms with Gasteiger partial charge in [0, 0.05) is 25.3 Å². The highest BCUT2D eigenvalue weighted by atomic mass is 32.2. The van der Waals surface area contributed by atoms with E-state index in [-0.39, 0.29) is 48.5 Å². The fraction of sp³-hybridized carbons (Fsp3) is 1.00. The number of ether oxygens (including phenoxy) is 3. The van der Waals surface area contributed by atoms with E-state index >= 15 is 0 Å². The molecule has 4 atom stereocenters. The van der Waals surface area contributed by atoms with Crippen molar-refractivity contribution in [1.82, 2.24) is 5.32 Å². The van der Waals surface area contributed by atoms with Gasteiger partial charge in [0.25, 0.3) is 10.1 Å². The maximum atomic E-state index is 10.6. The monoisotopic (exact) mass is 469 g/mol. The fourth-order valence-electron chi connectivity index (χ4n) is 2.63. The number of nitrogens with one attached hydrogen (secondary N) is 1. The second-order valence-electron chi connectivity index (χ2n) is 10.1. The second-order valence-corrected chi connectivity index (χ2v) is 11.7. The molecule has 188 valence electrons. The van der Waals surface area contributed by atoms with Gasteiger partial charge in [-0.1, -0.05) is 13.8 Å².